The Morgan fingerprint density at radius 1 is 1.53 bits per heavy atom. The summed E-state index contributed by atoms with van der Waals surface area (Å²) in [5, 5.41) is 2.08. The molecule has 1 aromatic rings. The van der Waals surface area contributed by atoms with Crippen LogP contribution in [0.3, 0.4) is 0 Å². The van der Waals surface area contributed by atoms with Gasteiger partial charge in [0.05, 0.1) is 0 Å². The summed E-state index contributed by atoms with van der Waals surface area (Å²) in [6.07, 6.45) is 6.86. The van der Waals surface area contributed by atoms with Gasteiger partial charge < -0.3 is 11.5 Å². The van der Waals surface area contributed by atoms with Crippen molar-refractivity contribution in [3.05, 3.63) is 46.3 Å². The van der Waals surface area contributed by atoms with Crippen LogP contribution in [-0.4, -0.2) is 5.54 Å². The first-order chi connectivity index (χ1) is 7.10. The molecule has 3 heteroatoms. The standard InChI is InChI=1S/C12H16N2S/c1-9-7-10(13)4-5-12(9,14)8-11-3-2-6-15-11/h2-7,9H,8,13-14H2,1H3. The molecule has 0 aliphatic heterocycles. The molecule has 0 saturated heterocycles. The second kappa shape index (κ2) is 3.83. The molecule has 2 unspecified atom stereocenters. The molecule has 2 nitrogen and oxygen atoms in total. The molecular weight excluding hydrogens is 204 g/mol. The van der Waals surface area contributed by atoms with Crippen LogP contribution in [0.25, 0.3) is 0 Å². The molecule has 1 aliphatic rings. The highest BCUT2D eigenvalue weighted by atomic mass is 32.1. The highest BCUT2D eigenvalue weighted by molar-refractivity contribution is 7.09. The fourth-order valence-corrected chi connectivity index (χ4v) is 2.66. The van der Waals surface area contributed by atoms with E-state index in [2.05, 4.69) is 24.4 Å². The summed E-state index contributed by atoms with van der Waals surface area (Å²) in [6.45, 7) is 2.12. The second-order valence-electron chi connectivity index (χ2n) is 4.16. The van der Waals surface area contributed by atoms with Crippen LogP contribution in [0.15, 0.2) is 41.4 Å². The van der Waals surface area contributed by atoms with Crippen LogP contribution in [0, 0.1) is 5.92 Å². The highest BCUT2D eigenvalue weighted by Crippen LogP contribution is 2.28. The molecule has 0 bridgehead atoms. The van der Waals surface area contributed by atoms with Crippen LogP contribution < -0.4 is 11.5 Å². The molecule has 1 aliphatic carbocycles. The van der Waals surface area contributed by atoms with Gasteiger partial charge in [0.1, 0.15) is 0 Å². The minimum absolute atomic E-state index is 0.282. The molecule has 4 N–H and O–H groups in total. The van der Waals surface area contributed by atoms with Gasteiger partial charge in [-0.3, -0.25) is 0 Å². The van der Waals surface area contributed by atoms with Gasteiger partial charge in [-0.2, -0.15) is 0 Å². The summed E-state index contributed by atoms with van der Waals surface area (Å²) in [5.74, 6) is 0.282. The van der Waals surface area contributed by atoms with Crippen molar-refractivity contribution in [2.24, 2.45) is 17.4 Å². The van der Waals surface area contributed by atoms with E-state index >= 15 is 0 Å². The van der Waals surface area contributed by atoms with Crippen molar-refractivity contribution in [1.29, 1.82) is 0 Å². The molecular formula is C12H16N2S. The Morgan fingerprint density at radius 3 is 2.93 bits per heavy atom. The average molecular weight is 220 g/mol. The van der Waals surface area contributed by atoms with Crippen LogP contribution in [0.4, 0.5) is 0 Å². The lowest BCUT2D eigenvalue weighted by Crippen LogP contribution is -2.47. The zero-order valence-electron chi connectivity index (χ0n) is 8.81. The largest absolute Gasteiger partial charge is 0.399 e. The van der Waals surface area contributed by atoms with Crippen LogP contribution in [0.5, 0.6) is 0 Å². The fourth-order valence-electron chi connectivity index (χ4n) is 1.84. The van der Waals surface area contributed by atoms with E-state index in [0.29, 0.717) is 0 Å². The maximum absolute atomic E-state index is 6.38. The average Bonchev–Trinajstić information content (AvgIpc) is 2.65. The number of nitrogens with two attached hydrogens (primary N) is 2. The summed E-state index contributed by atoms with van der Waals surface area (Å²) in [5.41, 5.74) is 12.6. The molecule has 15 heavy (non-hydrogen) atoms. The van der Waals surface area contributed by atoms with Crippen molar-refractivity contribution >= 4 is 11.3 Å². The predicted molar refractivity (Wildman–Crippen MR) is 65.5 cm³/mol. The van der Waals surface area contributed by atoms with Crippen molar-refractivity contribution in [1.82, 2.24) is 0 Å². The van der Waals surface area contributed by atoms with E-state index in [0.717, 1.165) is 12.1 Å². The number of hydrogen-bond donors (Lipinski definition) is 2. The van der Waals surface area contributed by atoms with Crippen molar-refractivity contribution in [2.75, 3.05) is 0 Å². The predicted octanol–water partition coefficient (Wildman–Crippen LogP) is 2.04. The molecule has 1 aromatic heterocycles. The van der Waals surface area contributed by atoms with Crippen molar-refractivity contribution in [2.45, 2.75) is 18.9 Å². The molecule has 2 rings (SSSR count). The van der Waals surface area contributed by atoms with Gasteiger partial charge in [0.25, 0.3) is 0 Å². The second-order valence-corrected chi connectivity index (χ2v) is 5.19. The third-order valence-corrected chi connectivity index (χ3v) is 3.81. The molecule has 0 spiro atoms. The molecule has 0 fully saturated rings. The minimum atomic E-state index is -0.284. The fraction of sp³-hybridized carbons (Fsp3) is 0.333. The van der Waals surface area contributed by atoms with Gasteiger partial charge >= 0.3 is 0 Å². The molecule has 0 radical (unpaired) electrons. The van der Waals surface area contributed by atoms with E-state index in [1.54, 1.807) is 11.3 Å². The smallest absolute Gasteiger partial charge is 0.0453 e. The van der Waals surface area contributed by atoms with E-state index in [1.165, 1.54) is 4.88 Å². The van der Waals surface area contributed by atoms with Gasteiger partial charge in [-0.05, 0) is 23.4 Å². The Hall–Kier alpha value is -1.06. The van der Waals surface area contributed by atoms with Crippen molar-refractivity contribution < 1.29 is 0 Å². The van der Waals surface area contributed by atoms with E-state index < -0.39 is 0 Å². The Balaban J connectivity index is 2.18. The lowest BCUT2D eigenvalue weighted by Gasteiger charge is -2.33. The summed E-state index contributed by atoms with van der Waals surface area (Å²) in [6, 6.07) is 4.19. The number of hydrogen-bond acceptors (Lipinski definition) is 3. The first-order valence-electron chi connectivity index (χ1n) is 5.08. The van der Waals surface area contributed by atoms with E-state index in [1.807, 2.05) is 18.2 Å². The summed E-state index contributed by atoms with van der Waals surface area (Å²) < 4.78 is 0. The van der Waals surface area contributed by atoms with Crippen LogP contribution in [0.2, 0.25) is 0 Å². The highest BCUT2D eigenvalue weighted by Gasteiger charge is 2.30. The molecule has 2 atom stereocenters. The van der Waals surface area contributed by atoms with Crippen molar-refractivity contribution in [3.8, 4) is 0 Å². The molecule has 0 saturated carbocycles. The van der Waals surface area contributed by atoms with E-state index in [-0.39, 0.29) is 11.5 Å². The van der Waals surface area contributed by atoms with Gasteiger partial charge in [0.15, 0.2) is 0 Å². The molecule has 80 valence electrons. The monoisotopic (exact) mass is 220 g/mol. The third kappa shape index (κ3) is 2.13. The lowest BCUT2D eigenvalue weighted by molar-refractivity contribution is 0.413. The van der Waals surface area contributed by atoms with Gasteiger partial charge in [0.2, 0.25) is 0 Å². The first kappa shape index (κ1) is 10.5. The van der Waals surface area contributed by atoms with Gasteiger partial charge in [-0.1, -0.05) is 25.1 Å². The SMILES string of the molecule is CC1C=C(N)C=CC1(N)Cc1cccs1. The summed E-state index contributed by atoms with van der Waals surface area (Å²) >= 11 is 1.75. The zero-order valence-corrected chi connectivity index (χ0v) is 9.63. The van der Waals surface area contributed by atoms with Gasteiger partial charge in [-0.25, -0.2) is 0 Å². The zero-order chi connectivity index (χ0) is 10.9. The third-order valence-electron chi connectivity index (χ3n) is 2.94. The Kier molecular flexibility index (Phi) is 2.67. The van der Waals surface area contributed by atoms with E-state index in [4.69, 9.17) is 11.5 Å². The van der Waals surface area contributed by atoms with Crippen LogP contribution >= 0.6 is 11.3 Å². The molecule has 0 amide bonds. The molecule has 0 aromatic carbocycles. The first-order valence-corrected chi connectivity index (χ1v) is 5.96. The van der Waals surface area contributed by atoms with Crippen molar-refractivity contribution in [3.63, 3.8) is 0 Å². The van der Waals surface area contributed by atoms with Crippen LogP contribution in [0.1, 0.15) is 11.8 Å². The summed E-state index contributed by atoms with van der Waals surface area (Å²) in [7, 11) is 0. The normalized spacial score (nSPS) is 30.3. The van der Waals surface area contributed by atoms with Gasteiger partial charge in [0, 0.05) is 22.5 Å². The summed E-state index contributed by atoms with van der Waals surface area (Å²) in [4.78, 5) is 1.32. The van der Waals surface area contributed by atoms with Gasteiger partial charge in [-0.15, -0.1) is 11.3 Å². The maximum atomic E-state index is 6.38. The Labute approximate surface area is 94.3 Å². The maximum Gasteiger partial charge on any atom is 0.0453 e. The Morgan fingerprint density at radius 2 is 2.33 bits per heavy atom. The number of thiophene rings is 1. The van der Waals surface area contributed by atoms with E-state index in [9.17, 15) is 0 Å². The lowest BCUT2D eigenvalue weighted by atomic mass is 9.79. The Bertz CT molecular complexity index is 392. The topological polar surface area (TPSA) is 52.0 Å². The molecule has 1 heterocycles. The van der Waals surface area contributed by atoms with Crippen LogP contribution in [-0.2, 0) is 6.42 Å². The number of allylic oxidation sites excluding steroid dienone is 1. The minimum Gasteiger partial charge on any atom is -0.399 e. The quantitative estimate of drug-likeness (QED) is 0.801. The number of rotatable bonds is 2.